The number of nitrogens with zero attached hydrogens (tertiary/aromatic N) is 1. The van der Waals surface area contributed by atoms with Crippen molar-refractivity contribution in [1.82, 2.24) is 5.16 Å². The molecule has 2 nitrogen and oxygen atoms in total. The fourth-order valence-corrected chi connectivity index (χ4v) is 0.472. The van der Waals surface area contributed by atoms with Gasteiger partial charge in [0, 0.05) is 12.0 Å². The van der Waals surface area contributed by atoms with Crippen molar-refractivity contribution in [2.24, 2.45) is 0 Å². The fourth-order valence-electron chi connectivity index (χ4n) is 0.472. The van der Waals surface area contributed by atoms with Gasteiger partial charge in [-0.05, 0) is 0 Å². The monoisotopic (exact) mass is 110 g/mol. The van der Waals surface area contributed by atoms with Gasteiger partial charge in [-0.3, -0.25) is 0 Å². The largest absolute Gasteiger partial charge is 0.360 e. The Morgan fingerprint density at radius 1 is 1.75 bits per heavy atom. The minimum atomic E-state index is 0.400. The van der Waals surface area contributed by atoms with Crippen molar-refractivity contribution in [2.75, 3.05) is 0 Å². The molecule has 0 N–H and O–H groups in total. The summed E-state index contributed by atoms with van der Waals surface area (Å²) in [7, 11) is 0. The molecular formula is C6H8NO. The second-order valence-electron chi connectivity index (χ2n) is 1.99. The minimum Gasteiger partial charge on any atom is -0.360 e. The zero-order valence-electron chi connectivity index (χ0n) is 5.01. The zero-order chi connectivity index (χ0) is 5.98. The van der Waals surface area contributed by atoms with E-state index in [0.717, 1.165) is 5.76 Å². The smallest absolute Gasteiger partial charge is 0.147 e. The van der Waals surface area contributed by atoms with E-state index in [-0.39, 0.29) is 0 Å². The molecule has 0 aliphatic carbocycles. The summed E-state index contributed by atoms with van der Waals surface area (Å²) in [5.74, 6) is 1.22. The molecule has 43 valence electrons. The van der Waals surface area contributed by atoms with Gasteiger partial charge >= 0.3 is 0 Å². The van der Waals surface area contributed by atoms with Gasteiger partial charge in [0.1, 0.15) is 5.76 Å². The molecule has 1 heterocycles. The maximum atomic E-state index is 4.79. The Hall–Kier alpha value is -0.790. The maximum absolute atomic E-state index is 4.79. The Morgan fingerprint density at radius 2 is 2.50 bits per heavy atom. The van der Waals surface area contributed by atoms with E-state index in [2.05, 4.69) is 11.2 Å². The molecule has 0 spiro atoms. The molecule has 0 aliphatic heterocycles. The first kappa shape index (κ1) is 5.35. The van der Waals surface area contributed by atoms with Gasteiger partial charge in [-0.1, -0.05) is 19.0 Å². The lowest BCUT2D eigenvalue weighted by molar-refractivity contribution is 0.371. The molecule has 1 rings (SSSR count). The van der Waals surface area contributed by atoms with Gasteiger partial charge in [-0.15, -0.1) is 0 Å². The zero-order valence-corrected chi connectivity index (χ0v) is 5.01. The summed E-state index contributed by atoms with van der Waals surface area (Å²) in [4.78, 5) is 0. The maximum Gasteiger partial charge on any atom is 0.147 e. The van der Waals surface area contributed by atoms with Gasteiger partial charge < -0.3 is 4.52 Å². The second kappa shape index (κ2) is 1.99. The molecule has 8 heavy (non-hydrogen) atoms. The summed E-state index contributed by atoms with van der Waals surface area (Å²) in [6.07, 6.45) is 1.54. The van der Waals surface area contributed by atoms with Crippen LogP contribution in [0.5, 0.6) is 0 Å². The quantitative estimate of drug-likeness (QED) is 0.548. The van der Waals surface area contributed by atoms with Crippen LogP contribution in [-0.2, 0) is 0 Å². The number of rotatable bonds is 1. The van der Waals surface area contributed by atoms with Crippen molar-refractivity contribution in [1.29, 1.82) is 0 Å². The van der Waals surface area contributed by atoms with Crippen LogP contribution in [0.15, 0.2) is 10.7 Å². The van der Waals surface area contributed by atoms with Crippen molar-refractivity contribution < 1.29 is 4.52 Å². The van der Waals surface area contributed by atoms with Crippen molar-refractivity contribution in [3.8, 4) is 0 Å². The first-order valence-corrected chi connectivity index (χ1v) is 2.63. The Bertz CT molecular complexity index is 144. The van der Waals surface area contributed by atoms with E-state index in [1.165, 1.54) is 6.20 Å². The summed E-state index contributed by atoms with van der Waals surface area (Å²) in [5, 5.41) is 3.51. The van der Waals surface area contributed by atoms with Crippen LogP contribution >= 0.6 is 0 Å². The Kier molecular flexibility index (Phi) is 1.33. The molecule has 0 aliphatic rings. The number of hydrogen-bond acceptors (Lipinski definition) is 2. The molecule has 0 fully saturated rings. The van der Waals surface area contributed by atoms with Crippen LogP contribution in [0.2, 0.25) is 0 Å². The van der Waals surface area contributed by atoms with Gasteiger partial charge in [0.15, 0.2) is 0 Å². The highest BCUT2D eigenvalue weighted by Gasteiger charge is 2.00. The van der Waals surface area contributed by atoms with Gasteiger partial charge in [0.05, 0.1) is 6.20 Å². The highest BCUT2D eigenvalue weighted by atomic mass is 16.5. The van der Waals surface area contributed by atoms with Crippen LogP contribution in [0.4, 0.5) is 0 Å². The van der Waals surface area contributed by atoms with E-state index in [4.69, 9.17) is 4.52 Å². The molecule has 0 atom stereocenters. The molecule has 0 aromatic carbocycles. The molecule has 1 aromatic rings. The Balaban J connectivity index is 2.77. The molecule has 0 bridgehead atoms. The molecule has 0 amide bonds. The lowest BCUT2D eigenvalue weighted by Crippen LogP contribution is -1.80. The molecule has 2 heteroatoms. The van der Waals surface area contributed by atoms with Crippen LogP contribution in [-0.4, -0.2) is 5.16 Å². The third-order valence-corrected chi connectivity index (χ3v) is 0.935. The number of aromatic nitrogens is 1. The molecule has 0 saturated carbocycles. The lowest BCUT2D eigenvalue weighted by atomic mass is 10.2. The molecule has 0 saturated heterocycles. The summed E-state index contributed by atoms with van der Waals surface area (Å²) in [6.45, 7) is 4.08. The van der Waals surface area contributed by atoms with E-state index in [0.29, 0.717) is 5.92 Å². The van der Waals surface area contributed by atoms with Crippen LogP contribution in [0.3, 0.4) is 0 Å². The van der Waals surface area contributed by atoms with Crippen LogP contribution in [0.1, 0.15) is 25.5 Å². The third-order valence-electron chi connectivity index (χ3n) is 0.935. The standard InChI is InChI=1S/C6H8NO/c1-5(2)6-3-4-7-8-6/h4-5H,1-2H3. The average Bonchev–Trinajstić information content (AvgIpc) is 2.12. The summed E-state index contributed by atoms with van der Waals surface area (Å²) in [5.41, 5.74) is 0. The van der Waals surface area contributed by atoms with Crippen LogP contribution in [0.25, 0.3) is 0 Å². The molecule has 1 radical (unpaired) electrons. The van der Waals surface area contributed by atoms with E-state index in [1.54, 1.807) is 0 Å². The first-order chi connectivity index (χ1) is 3.80. The van der Waals surface area contributed by atoms with E-state index in [9.17, 15) is 0 Å². The van der Waals surface area contributed by atoms with Crippen LogP contribution in [0, 0.1) is 6.07 Å². The second-order valence-corrected chi connectivity index (χ2v) is 1.99. The molecular weight excluding hydrogens is 102 g/mol. The van der Waals surface area contributed by atoms with Crippen molar-refractivity contribution >= 4 is 0 Å². The van der Waals surface area contributed by atoms with Crippen molar-refractivity contribution in [3.63, 3.8) is 0 Å². The minimum absolute atomic E-state index is 0.400. The third kappa shape index (κ3) is 0.886. The van der Waals surface area contributed by atoms with Gasteiger partial charge in [-0.2, -0.15) is 0 Å². The highest BCUT2D eigenvalue weighted by molar-refractivity contribution is 4.95. The van der Waals surface area contributed by atoms with Gasteiger partial charge in [0.25, 0.3) is 0 Å². The van der Waals surface area contributed by atoms with E-state index >= 15 is 0 Å². The number of hydrogen-bond donors (Lipinski definition) is 0. The van der Waals surface area contributed by atoms with Crippen molar-refractivity contribution in [3.05, 3.63) is 18.0 Å². The normalized spacial score (nSPS) is 10.4. The van der Waals surface area contributed by atoms with Gasteiger partial charge in [0.2, 0.25) is 0 Å². The van der Waals surface area contributed by atoms with E-state index < -0.39 is 0 Å². The van der Waals surface area contributed by atoms with Gasteiger partial charge in [-0.25, -0.2) is 0 Å². The predicted octanol–water partition coefficient (Wildman–Crippen LogP) is 1.60. The average molecular weight is 110 g/mol. The Morgan fingerprint density at radius 3 is 2.75 bits per heavy atom. The molecule has 0 unspecified atom stereocenters. The highest BCUT2D eigenvalue weighted by Crippen LogP contribution is 2.10. The summed E-state index contributed by atoms with van der Waals surface area (Å²) in [6, 6.07) is 2.86. The summed E-state index contributed by atoms with van der Waals surface area (Å²) < 4.78 is 4.79. The summed E-state index contributed by atoms with van der Waals surface area (Å²) >= 11 is 0. The predicted molar refractivity (Wildman–Crippen MR) is 29.4 cm³/mol. The fraction of sp³-hybridized carbons (Fsp3) is 0.500. The lowest BCUT2D eigenvalue weighted by Gasteiger charge is -1.92. The SMILES string of the molecule is CC(C)c1[c]cno1. The molecule has 1 aromatic heterocycles. The van der Waals surface area contributed by atoms with E-state index in [1.807, 2.05) is 13.8 Å². The Labute approximate surface area is 48.5 Å². The topological polar surface area (TPSA) is 26.0 Å². The van der Waals surface area contributed by atoms with Crippen molar-refractivity contribution in [2.45, 2.75) is 19.8 Å². The van der Waals surface area contributed by atoms with Crippen LogP contribution < -0.4 is 0 Å². The first-order valence-electron chi connectivity index (χ1n) is 2.63.